The quantitative estimate of drug-likeness (QED) is 0.772. The molecule has 0 radical (unpaired) electrons. The van der Waals surface area contributed by atoms with Crippen molar-refractivity contribution in [2.45, 2.75) is 32.7 Å². The number of hydrogen-bond donors (Lipinski definition) is 1. The van der Waals surface area contributed by atoms with E-state index in [9.17, 15) is 4.79 Å². The van der Waals surface area contributed by atoms with Crippen LogP contribution in [0.1, 0.15) is 32.8 Å². The number of aromatic nitrogens is 4. The molecule has 1 N–H and O–H groups in total. The lowest BCUT2D eigenvalue weighted by Crippen LogP contribution is -2.33. The largest absolute Gasteiger partial charge is 0.338 e. The first-order valence-electron chi connectivity index (χ1n) is 8.91. The lowest BCUT2D eigenvalue weighted by atomic mass is 10.0. The first kappa shape index (κ1) is 16.6. The van der Waals surface area contributed by atoms with Crippen molar-refractivity contribution in [2.24, 2.45) is 0 Å². The van der Waals surface area contributed by atoms with Crippen LogP contribution in [-0.2, 0) is 5.54 Å². The zero-order valence-electron chi connectivity index (χ0n) is 15.4. The van der Waals surface area contributed by atoms with Crippen molar-refractivity contribution in [3.8, 4) is 0 Å². The highest BCUT2D eigenvalue weighted by molar-refractivity contribution is 5.76. The lowest BCUT2D eigenvalue weighted by molar-refractivity contribution is 0.366. The monoisotopic (exact) mass is 349 g/mol. The minimum absolute atomic E-state index is 0.142. The summed E-state index contributed by atoms with van der Waals surface area (Å²) in [5.74, 6) is 0.607. The average molecular weight is 349 g/mol. The highest BCUT2D eigenvalue weighted by atomic mass is 16.1. The van der Waals surface area contributed by atoms with Gasteiger partial charge in [-0.25, -0.2) is 4.68 Å². The highest BCUT2D eigenvalue weighted by Crippen LogP contribution is 2.24. The molecule has 0 unspecified atom stereocenters. The van der Waals surface area contributed by atoms with Crippen molar-refractivity contribution in [3.05, 3.63) is 58.5 Å². The molecule has 1 aromatic carbocycles. The summed E-state index contributed by atoms with van der Waals surface area (Å²) in [6.07, 6.45) is 4.79. The van der Waals surface area contributed by atoms with Crippen LogP contribution in [-0.4, -0.2) is 32.8 Å². The van der Waals surface area contributed by atoms with E-state index >= 15 is 0 Å². The van der Waals surface area contributed by atoms with Gasteiger partial charge in [-0.05, 0) is 38.3 Å². The van der Waals surface area contributed by atoms with E-state index < -0.39 is 0 Å². The van der Waals surface area contributed by atoms with E-state index in [0.717, 1.165) is 19.5 Å². The molecule has 0 atom stereocenters. The van der Waals surface area contributed by atoms with Gasteiger partial charge in [0, 0.05) is 13.1 Å². The zero-order chi connectivity index (χ0) is 18.3. The predicted molar refractivity (Wildman–Crippen MR) is 104 cm³/mol. The fraction of sp³-hybridized carbons (Fsp3) is 0.350. The number of H-pyrrole nitrogens is 1. The van der Waals surface area contributed by atoms with Crippen molar-refractivity contribution in [2.75, 3.05) is 18.0 Å². The molecule has 26 heavy (non-hydrogen) atoms. The van der Waals surface area contributed by atoms with Crippen molar-refractivity contribution in [1.82, 2.24) is 19.7 Å². The van der Waals surface area contributed by atoms with E-state index in [-0.39, 0.29) is 11.1 Å². The standard InChI is InChI=1S/C20H23N5O/c1-20(2,3)25-17-16(12-21-25)18(26)23-19(22-17)24-11-7-10-15(13-24)14-8-5-4-6-9-14/h4-6,8-10,12H,7,11,13H2,1-3H3,(H,22,23,26). The molecule has 1 aliphatic heterocycles. The van der Waals surface area contributed by atoms with E-state index in [2.05, 4.69) is 54.0 Å². The minimum atomic E-state index is -0.239. The summed E-state index contributed by atoms with van der Waals surface area (Å²) in [5, 5.41) is 4.91. The van der Waals surface area contributed by atoms with Gasteiger partial charge in [-0.2, -0.15) is 10.1 Å². The summed E-state index contributed by atoms with van der Waals surface area (Å²) in [6, 6.07) is 10.3. The van der Waals surface area contributed by atoms with Crippen LogP contribution in [0.3, 0.4) is 0 Å². The summed E-state index contributed by atoms with van der Waals surface area (Å²) in [4.78, 5) is 22.4. The molecular formula is C20H23N5O. The van der Waals surface area contributed by atoms with Crippen LogP contribution in [0, 0.1) is 0 Å². The molecule has 3 heterocycles. The van der Waals surface area contributed by atoms with Gasteiger partial charge >= 0.3 is 0 Å². The van der Waals surface area contributed by atoms with Crippen LogP contribution in [0.5, 0.6) is 0 Å². The van der Waals surface area contributed by atoms with E-state index in [1.165, 1.54) is 11.1 Å². The van der Waals surface area contributed by atoms with Crippen LogP contribution in [0.2, 0.25) is 0 Å². The number of nitrogens with one attached hydrogen (secondary N) is 1. The van der Waals surface area contributed by atoms with Gasteiger partial charge in [0.15, 0.2) is 5.65 Å². The maximum Gasteiger partial charge on any atom is 0.263 e. The highest BCUT2D eigenvalue weighted by Gasteiger charge is 2.22. The fourth-order valence-electron chi connectivity index (χ4n) is 3.33. The molecule has 0 amide bonds. The van der Waals surface area contributed by atoms with Gasteiger partial charge in [0.2, 0.25) is 5.95 Å². The van der Waals surface area contributed by atoms with Crippen LogP contribution in [0.25, 0.3) is 16.6 Å². The number of nitrogens with zero attached hydrogens (tertiary/aromatic N) is 4. The van der Waals surface area contributed by atoms with Crippen molar-refractivity contribution >= 4 is 22.6 Å². The van der Waals surface area contributed by atoms with Gasteiger partial charge < -0.3 is 4.90 Å². The molecule has 0 bridgehead atoms. The molecular weight excluding hydrogens is 326 g/mol. The van der Waals surface area contributed by atoms with Gasteiger partial charge in [-0.3, -0.25) is 9.78 Å². The summed E-state index contributed by atoms with van der Waals surface area (Å²) in [5.41, 5.74) is 2.71. The number of rotatable bonds is 2. The maximum atomic E-state index is 12.5. The predicted octanol–water partition coefficient (Wildman–Crippen LogP) is 3.17. The Kier molecular flexibility index (Phi) is 3.90. The van der Waals surface area contributed by atoms with Crippen LogP contribution in [0.15, 0.2) is 47.4 Å². The lowest BCUT2D eigenvalue weighted by Gasteiger charge is -2.28. The number of hydrogen-bond acceptors (Lipinski definition) is 4. The molecule has 1 aliphatic rings. The third-order valence-corrected chi connectivity index (χ3v) is 4.66. The van der Waals surface area contributed by atoms with Gasteiger partial charge in [-0.15, -0.1) is 0 Å². The van der Waals surface area contributed by atoms with E-state index in [0.29, 0.717) is 17.0 Å². The van der Waals surface area contributed by atoms with E-state index in [1.807, 2.05) is 22.9 Å². The minimum Gasteiger partial charge on any atom is -0.338 e. The third kappa shape index (κ3) is 2.92. The molecule has 134 valence electrons. The fourth-order valence-corrected chi connectivity index (χ4v) is 3.33. The molecule has 0 fully saturated rings. The van der Waals surface area contributed by atoms with Crippen LogP contribution >= 0.6 is 0 Å². The Labute approximate surface area is 152 Å². The number of fused-ring (bicyclic) bond motifs is 1. The Balaban J connectivity index is 1.73. The Hall–Kier alpha value is -2.89. The average Bonchev–Trinajstić information content (AvgIpc) is 3.07. The van der Waals surface area contributed by atoms with Crippen LogP contribution in [0.4, 0.5) is 5.95 Å². The van der Waals surface area contributed by atoms with Gasteiger partial charge in [0.25, 0.3) is 5.56 Å². The number of aromatic amines is 1. The Bertz CT molecular complexity index is 1020. The summed E-state index contributed by atoms with van der Waals surface area (Å²) >= 11 is 0. The van der Waals surface area contributed by atoms with Crippen molar-refractivity contribution < 1.29 is 0 Å². The molecule has 2 aromatic heterocycles. The Morgan fingerprint density at radius 1 is 1.15 bits per heavy atom. The molecule has 4 rings (SSSR count). The number of anilines is 1. The Morgan fingerprint density at radius 3 is 2.65 bits per heavy atom. The summed E-state index contributed by atoms with van der Waals surface area (Å²) < 4.78 is 1.82. The molecule has 0 saturated heterocycles. The Morgan fingerprint density at radius 2 is 1.92 bits per heavy atom. The normalized spacial score (nSPS) is 15.3. The molecule has 3 aromatic rings. The second-order valence-corrected chi connectivity index (χ2v) is 7.66. The molecule has 6 heteroatoms. The van der Waals surface area contributed by atoms with Gasteiger partial charge in [0.05, 0.1) is 11.7 Å². The smallest absolute Gasteiger partial charge is 0.263 e. The second kappa shape index (κ2) is 6.12. The zero-order valence-corrected chi connectivity index (χ0v) is 15.4. The van der Waals surface area contributed by atoms with E-state index in [1.54, 1.807) is 6.20 Å². The van der Waals surface area contributed by atoms with E-state index in [4.69, 9.17) is 4.98 Å². The molecule has 0 aliphatic carbocycles. The van der Waals surface area contributed by atoms with Crippen molar-refractivity contribution in [3.63, 3.8) is 0 Å². The topological polar surface area (TPSA) is 66.8 Å². The van der Waals surface area contributed by atoms with Crippen LogP contribution < -0.4 is 10.5 Å². The van der Waals surface area contributed by atoms with Gasteiger partial charge in [0.1, 0.15) is 5.39 Å². The SMILES string of the molecule is CC(C)(C)n1ncc2c(=O)[nH]c(N3CCC=C(c4ccccc4)C3)nc21. The first-order valence-corrected chi connectivity index (χ1v) is 8.91. The second-order valence-electron chi connectivity index (χ2n) is 7.66. The molecule has 0 saturated carbocycles. The third-order valence-electron chi connectivity index (χ3n) is 4.66. The molecule has 0 spiro atoms. The van der Waals surface area contributed by atoms with Crippen molar-refractivity contribution in [1.29, 1.82) is 0 Å². The summed E-state index contributed by atoms with van der Waals surface area (Å²) in [7, 11) is 0. The summed E-state index contributed by atoms with van der Waals surface area (Å²) in [6.45, 7) is 7.72. The first-order chi connectivity index (χ1) is 12.4. The van der Waals surface area contributed by atoms with Gasteiger partial charge in [-0.1, -0.05) is 36.4 Å². The number of benzene rings is 1. The molecule has 6 nitrogen and oxygen atoms in total. The maximum absolute atomic E-state index is 12.5.